The van der Waals surface area contributed by atoms with Crippen molar-refractivity contribution < 1.29 is 9.18 Å². The molecule has 1 aromatic carbocycles. The molecule has 20 heavy (non-hydrogen) atoms. The lowest BCUT2D eigenvalue weighted by atomic mass is 10.2. The number of aromatic nitrogens is 2. The fraction of sp³-hybridized carbons (Fsp3) is 0.429. The number of halogens is 1. The molecule has 1 aromatic heterocycles. The first kappa shape index (κ1) is 14.7. The highest BCUT2D eigenvalue weighted by atomic mass is 32.1. The topological polar surface area (TPSA) is 49.8 Å². The summed E-state index contributed by atoms with van der Waals surface area (Å²) in [5, 5.41) is 2.84. The van der Waals surface area contributed by atoms with E-state index in [1.807, 2.05) is 13.8 Å². The number of imidazole rings is 1. The van der Waals surface area contributed by atoms with E-state index >= 15 is 0 Å². The van der Waals surface area contributed by atoms with Gasteiger partial charge in [0.25, 0.3) is 0 Å². The van der Waals surface area contributed by atoms with Gasteiger partial charge in [0.05, 0.1) is 11.0 Å². The minimum absolute atomic E-state index is 0.0994. The van der Waals surface area contributed by atoms with Crippen molar-refractivity contribution >= 4 is 29.2 Å². The lowest BCUT2D eigenvalue weighted by Gasteiger charge is -2.09. The van der Waals surface area contributed by atoms with Gasteiger partial charge in [0, 0.05) is 6.54 Å². The number of aromatic amines is 1. The molecule has 0 atom stereocenters. The molecular weight excluding hydrogens is 277 g/mol. The van der Waals surface area contributed by atoms with E-state index in [4.69, 9.17) is 12.2 Å². The van der Waals surface area contributed by atoms with Gasteiger partial charge in [-0.3, -0.25) is 4.79 Å². The minimum Gasteiger partial charge on any atom is -0.354 e. The van der Waals surface area contributed by atoms with Gasteiger partial charge in [0.2, 0.25) is 5.91 Å². The predicted octanol–water partition coefficient (Wildman–Crippen LogP) is 2.92. The van der Waals surface area contributed by atoms with Crippen LogP contribution in [0.1, 0.15) is 19.4 Å². The van der Waals surface area contributed by atoms with E-state index < -0.39 is 0 Å². The quantitative estimate of drug-likeness (QED) is 0.852. The SMILES string of the molecule is Cc1cc2c(cc1F)[nH]c(=S)n2CC(=O)NCC(C)C. The van der Waals surface area contributed by atoms with Gasteiger partial charge in [-0.15, -0.1) is 0 Å². The molecule has 2 rings (SSSR count). The van der Waals surface area contributed by atoms with Crippen molar-refractivity contribution in [2.45, 2.75) is 27.3 Å². The molecule has 0 spiro atoms. The van der Waals surface area contributed by atoms with Crippen LogP contribution in [0.25, 0.3) is 11.0 Å². The fourth-order valence-corrected chi connectivity index (χ4v) is 2.23. The fourth-order valence-electron chi connectivity index (χ4n) is 1.96. The number of H-pyrrole nitrogens is 1. The summed E-state index contributed by atoms with van der Waals surface area (Å²) < 4.78 is 15.6. The zero-order chi connectivity index (χ0) is 14.9. The molecule has 1 amide bonds. The number of aryl methyl sites for hydroxylation is 1. The predicted molar refractivity (Wildman–Crippen MR) is 79.7 cm³/mol. The Bertz CT molecular complexity index is 702. The van der Waals surface area contributed by atoms with Crippen LogP contribution in [0.15, 0.2) is 12.1 Å². The molecule has 2 N–H and O–H groups in total. The molecule has 4 nitrogen and oxygen atoms in total. The Balaban J connectivity index is 2.30. The number of hydrogen-bond donors (Lipinski definition) is 2. The van der Waals surface area contributed by atoms with Crippen molar-refractivity contribution in [2.75, 3.05) is 6.54 Å². The smallest absolute Gasteiger partial charge is 0.240 e. The van der Waals surface area contributed by atoms with Crippen LogP contribution in [0, 0.1) is 23.4 Å². The van der Waals surface area contributed by atoms with Crippen LogP contribution in [0.3, 0.4) is 0 Å². The van der Waals surface area contributed by atoms with Gasteiger partial charge in [-0.05, 0) is 42.8 Å². The number of benzene rings is 1. The highest BCUT2D eigenvalue weighted by Gasteiger charge is 2.11. The molecule has 0 saturated heterocycles. The lowest BCUT2D eigenvalue weighted by Crippen LogP contribution is -2.30. The first-order valence-corrected chi connectivity index (χ1v) is 6.94. The van der Waals surface area contributed by atoms with Gasteiger partial charge in [-0.25, -0.2) is 4.39 Å². The largest absolute Gasteiger partial charge is 0.354 e. The van der Waals surface area contributed by atoms with Crippen LogP contribution in [0.2, 0.25) is 0 Å². The molecule has 1 heterocycles. The first-order valence-electron chi connectivity index (χ1n) is 6.54. The van der Waals surface area contributed by atoms with Crippen molar-refractivity contribution in [3.05, 3.63) is 28.3 Å². The Kier molecular flexibility index (Phi) is 4.23. The monoisotopic (exact) mass is 295 g/mol. The summed E-state index contributed by atoms with van der Waals surface area (Å²) >= 11 is 5.20. The van der Waals surface area contributed by atoms with Crippen molar-refractivity contribution in [3.63, 3.8) is 0 Å². The third-order valence-electron chi connectivity index (χ3n) is 3.06. The van der Waals surface area contributed by atoms with Crippen LogP contribution < -0.4 is 5.32 Å². The van der Waals surface area contributed by atoms with Gasteiger partial charge in [0.1, 0.15) is 12.4 Å². The molecule has 0 saturated carbocycles. The Morgan fingerprint density at radius 1 is 1.50 bits per heavy atom. The Labute approximate surface area is 122 Å². The molecule has 108 valence electrons. The third-order valence-corrected chi connectivity index (χ3v) is 3.39. The molecule has 0 fully saturated rings. The molecule has 0 unspecified atom stereocenters. The summed E-state index contributed by atoms with van der Waals surface area (Å²) in [7, 11) is 0. The number of amides is 1. The summed E-state index contributed by atoms with van der Waals surface area (Å²) in [6.45, 7) is 6.51. The maximum atomic E-state index is 13.5. The Morgan fingerprint density at radius 2 is 2.20 bits per heavy atom. The minimum atomic E-state index is -0.287. The average Bonchev–Trinajstić information content (AvgIpc) is 2.64. The normalized spacial score (nSPS) is 11.2. The zero-order valence-corrected chi connectivity index (χ0v) is 12.6. The van der Waals surface area contributed by atoms with E-state index in [9.17, 15) is 9.18 Å². The van der Waals surface area contributed by atoms with E-state index in [1.54, 1.807) is 17.6 Å². The highest BCUT2D eigenvalue weighted by molar-refractivity contribution is 7.71. The molecule has 6 heteroatoms. The number of rotatable bonds is 4. The van der Waals surface area contributed by atoms with E-state index in [-0.39, 0.29) is 18.3 Å². The van der Waals surface area contributed by atoms with Crippen LogP contribution in [-0.4, -0.2) is 22.0 Å². The van der Waals surface area contributed by atoms with Gasteiger partial charge in [-0.2, -0.15) is 0 Å². The molecule has 0 aliphatic heterocycles. The number of fused-ring (bicyclic) bond motifs is 1. The number of nitrogens with one attached hydrogen (secondary N) is 2. The molecule has 2 aromatic rings. The van der Waals surface area contributed by atoms with E-state index in [2.05, 4.69) is 10.3 Å². The number of carbonyl (C=O) groups is 1. The van der Waals surface area contributed by atoms with Crippen LogP contribution in [-0.2, 0) is 11.3 Å². The van der Waals surface area contributed by atoms with Crippen LogP contribution in [0.4, 0.5) is 4.39 Å². The second-order valence-electron chi connectivity index (χ2n) is 5.33. The summed E-state index contributed by atoms with van der Waals surface area (Å²) in [5.41, 5.74) is 1.88. The van der Waals surface area contributed by atoms with E-state index in [1.165, 1.54) is 6.07 Å². The molecule has 0 radical (unpaired) electrons. The second-order valence-corrected chi connectivity index (χ2v) is 5.72. The summed E-state index contributed by atoms with van der Waals surface area (Å²) in [4.78, 5) is 14.8. The lowest BCUT2D eigenvalue weighted by molar-refractivity contribution is -0.121. The maximum absolute atomic E-state index is 13.5. The highest BCUT2D eigenvalue weighted by Crippen LogP contribution is 2.18. The third kappa shape index (κ3) is 3.07. The van der Waals surface area contributed by atoms with Gasteiger partial charge in [0.15, 0.2) is 4.77 Å². The second kappa shape index (κ2) is 5.75. The molecular formula is C14H18FN3OS. The first-order chi connectivity index (χ1) is 9.38. The van der Waals surface area contributed by atoms with Crippen molar-refractivity contribution in [1.29, 1.82) is 0 Å². The van der Waals surface area contributed by atoms with Crippen molar-refractivity contribution in [1.82, 2.24) is 14.9 Å². The Hall–Kier alpha value is -1.69. The summed E-state index contributed by atoms with van der Waals surface area (Å²) in [6.07, 6.45) is 0. The van der Waals surface area contributed by atoms with Crippen molar-refractivity contribution in [2.24, 2.45) is 5.92 Å². The molecule has 0 aliphatic rings. The number of hydrogen-bond acceptors (Lipinski definition) is 2. The van der Waals surface area contributed by atoms with Gasteiger partial charge in [-0.1, -0.05) is 13.8 Å². The van der Waals surface area contributed by atoms with Crippen molar-refractivity contribution in [3.8, 4) is 0 Å². The van der Waals surface area contributed by atoms with Gasteiger partial charge < -0.3 is 14.9 Å². The Morgan fingerprint density at radius 3 is 2.85 bits per heavy atom. The van der Waals surface area contributed by atoms with Gasteiger partial charge >= 0.3 is 0 Å². The van der Waals surface area contributed by atoms with E-state index in [0.717, 1.165) is 5.52 Å². The standard InChI is InChI=1S/C14H18FN3OS/c1-8(2)6-16-13(19)7-18-12-4-9(3)10(15)5-11(12)17-14(18)20/h4-5,8H,6-7H2,1-3H3,(H,16,19)(H,17,20). The molecule has 0 aliphatic carbocycles. The van der Waals surface area contributed by atoms with Crippen LogP contribution >= 0.6 is 12.2 Å². The van der Waals surface area contributed by atoms with Crippen LogP contribution in [0.5, 0.6) is 0 Å². The molecule has 0 bridgehead atoms. The summed E-state index contributed by atoms with van der Waals surface area (Å²) in [6, 6.07) is 3.11. The summed E-state index contributed by atoms with van der Waals surface area (Å²) in [5.74, 6) is 0.00840. The zero-order valence-electron chi connectivity index (χ0n) is 11.8. The number of carbonyl (C=O) groups excluding carboxylic acids is 1. The average molecular weight is 295 g/mol. The maximum Gasteiger partial charge on any atom is 0.240 e. The van der Waals surface area contributed by atoms with E-state index in [0.29, 0.717) is 28.3 Å². The number of nitrogens with zero attached hydrogens (tertiary/aromatic N) is 1.